The highest BCUT2D eigenvalue weighted by Gasteiger charge is 2.28. The van der Waals surface area contributed by atoms with E-state index in [4.69, 9.17) is 0 Å². The van der Waals surface area contributed by atoms with Crippen LogP contribution >= 0.6 is 0 Å². The number of phenols is 2. The number of fused-ring (bicyclic) bond motifs is 4. The molecule has 4 atom stereocenters. The van der Waals surface area contributed by atoms with Crippen molar-refractivity contribution in [3.63, 3.8) is 0 Å². The zero-order valence-electron chi connectivity index (χ0n) is 26.9. The Balaban J connectivity index is 2.00. The van der Waals surface area contributed by atoms with Crippen LogP contribution in [0, 0.1) is 10.8 Å². The summed E-state index contributed by atoms with van der Waals surface area (Å²) in [5.74, 6) is 0.750. The van der Waals surface area contributed by atoms with Gasteiger partial charge in [-0.1, -0.05) is 66.7 Å². The van der Waals surface area contributed by atoms with Crippen molar-refractivity contribution >= 4 is 0 Å². The molecule has 4 bridgehead atoms. The number of hydrogen-bond acceptors (Lipinski definition) is 6. The third-order valence-electron chi connectivity index (χ3n) is 8.55. The van der Waals surface area contributed by atoms with Gasteiger partial charge in [0.25, 0.3) is 0 Å². The molecule has 2 aromatic carbocycles. The molecular weight excluding hydrogens is 496 g/mol. The first kappa shape index (κ1) is 32.4. The molecule has 4 unspecified atom stereocenters. The Labute approximate surface area is 243 Å². The van der Waals surface area contributed by atoms with Gasteiger partial charge in [0.1, 0.15) is 11.5 Å². The standard InChI is InChI=1S/C34H56N4O2/c1-21-26-13-12-14-27(30(26)39)22(2)36-18-34(10,11)20-38-24(4)29-16-25(32(5,6)7)15-28(31(29)40)23(3)37-19-33(8,9)17-35-21/h12-16,21-24,35-40H,17-20H2,1-11H3. The van der Waals surface area contributed by atoms with Crippen molar-refractivity contribution in [2.45, 2.75) is 106 Å². The quantitative estimate of drug-likeness (QED) is 0.216. The summed E-state index contributed by atoms with van der Waals surface area (Å²) in [6.45, 7) is 27.3. The maximum atomic E-state index is 11.5. The van der Waals surface area contributed by atoms with Gasteiger partial charge in [0.2, 0.25) is 0 Å². The lowest BCUT2D eigenvalue weighted by Gasteiger charge is -2.33. The molecule has 0 fully saturated rings. The van der Waals surface area contributed by atoms with Gasteiger partial charge in [-0.3, -0.25) is 0 Å². The van der Waals surface area contributed by atoms with Gasteiger partial charge in [-0.05, 0) is 61.6 Å². The van der Waals surface area contributed by atoms with Gasteiger partial charge in [-0.15, -0.1) is 0 Å². The summed E-state index contributed by atoms with van der Waals surface area (Å²) in [5, 5.41) is 37.5. The second kappa shape index (κ2) is 12.4. The minimum Gasteiger partial charge on any atom is -0.507 e. The number of hydrogen-bond donors (Lipinski definition) is 6. The molecule has 0 aliphatic carbocycles. The molecule has 1 aliphatic heterocycles. The first-order valence-corrected chi connectivity index (χ1v) is 15.0. The van der Waals surface area contributed by atoms with Crippen LogP contribution in [0.4, 0.5) is 0 Å². The topological polar surface area (TPSA) is 88.6 Å². The van der Waals surface area contributed by atoms with Crippen LogP contribution in [0.3, 0.4) is 0 Å². The first-order chi connectivity index (χ1) is 18.4. The van der Waals surface area contributed by atoms with Crippen LogP contribution in [0.5, 0.6) is 11.5 Å². The van der Waals surface area contributed by atoms with Crippen LogP contribution in [0.2, 0.25) is 0 Å². The van der Waals surface area contributed by atoms with Gasteiger partial charge in [0.05, 0.1) is 0 Å². The second-order valence-electron chi connectivity index (χ2n) is 14.8. The zero-order valence-corrected chi connectivity index (χ0v) is 26.9. The highest BCUT2D eigenvalue weighted by atomic mass is 16.3. The highest BCUT2D eigenvalue weighted by molar-refractivity contribution is 5.48. The minimum atomic E-state index is -0.0497. The summed E-state index contributed by atoms with van der Waals surface area (Å²) in [4.78, 5) is 0. The van der Waals surface area contributed by atoms with Crippen LogP contribution in [0.15, 0.2) is 30.3 Å². The molecule has 0 radical (unpaired) electrons. The molecule has 0 amide bonds. The molecule has 0 saturated heterocycles. The molecule has 40 heavy (non-hydrogen) atoms. The summed E-state index contributed by atoms with van der Waals surface area (Å²) < 4.78 is 0. The summed E-state index contributed by atoms with van der Waals surface area (Å²) in [5.41, 5.74) is 4.82. The predicted molar refractivity (Wildman–Crippen MR) is 168 cm³/mol. The van der Waals surface area contributed by atoms with Crippen LogP contribution in [-0.2, 0) is 5.41 Å². The zero-order chi connectivity index (χ0) is 30.0. The third kappa shape index (κ3) is 8.00. The van der Waals surface area contributed by atoms with Crippen LogP contribution in [-0.4, -0.2) is 36.4 Å². The SMILES string of the molecule is CC1NCC(C)(C)CNC(C)c2cc(C(C)(C)C)cc(c2O)C(C)NCC(C)(C)CNC(C)c2cccc1c2O. The Morgan fingerprint density at radius 2 is 0.900 bits per heavy atom. The van der Waals surface area contributed by atoms with E-state index >= 15 is 0 Å². The fraction of sp³-hybridized carbons (Fsp3) is 0.647. The van der Waals surface area contributed by atoms with Gasteiger partial charge >= 0.3 is 0 Å². The molecule has 0 aromatic heterocycles. The lowest BCUT2D eigenvalue weighted by atomic mass is 9.82. The number of phenolic OH excluding ortho intramolecular Hbond substituents is 2. The lowest BCUT2D eigenvalue weighted by Crippen LogP contribution is -2.40. The predicted octanol–water partition coefficient (Wildman–Crippen LogP) is 6.76. The maximum Gasteiger partial charge on any atom is 0.125 e. The molecule has 224 valence electrons. The van der Waals surface area contributed by atoms with Crippen molar-refractivity contribution in [2.75, 3.05) is 26.2 Å². The number of nitrogens with one attached hydrogen (secondary N) is 4. The van der Waals surface area contributed by atoms with Crippen molar-refractivity contribution in [1.29, 1.82) is 0 Å². The maximum absolute atomic E-state index is 11.5. The van der Waals surface area contributed by atoms with E-state index in [9.17, 15) is 10.2 Å². The molecular formula is C34H56N4O2. The van der Waals surface area contributed by atoms with E-state index in [1.54, 1.807) is 0 Å². The number of aromatic hydroxyl groups is 2. The average molecular weight is 553 g/mol. The van der Waals surface area contributed by atoms with E-state index in [2.05, 4.69) is 110 Å². The summed E-state index contributed by atoms with van der Waals surface area (Å²) in [7, 11) is 0. The van der Waals surface area contributed by atoms with Crippen molar-refractivity contribution < 1.29 is 10.2 Å². The summed E-state index contributed by atoms with van der Waals surface area (Å²) >= 11 is 0. The van der Waals surface area contributed by atoms with Gasteiger partial charge in [-0.25, -0.2) is 0 Å². The Hall–Kier alpha value is -2.12. The van der Waals surface area contributed by atoms with Crippen LogP contribution < -0.4 is 21.3 Å². The van der Waals surface area contributed by atoms with Crippen molar-refractivity contribution in [2.24, 2.45) is 10.8 Å². The van der Waals surface area contributed by atoms with E-state index in [-0.39, 0.29) is 40.4 Å². The summed E-state index contributed by atoms with van der Waals surface area (Å²) in [6, 6.07) is 10.4. The molecule has 6 N–H and O–H groups in total. The monoisotopic (exact) mass is 552 g/mol. The molecule has 6 heteroatoms. The normalized spacial score (nSPS) is 26.7. The second-order valence-corrected chi connectivity index (χ2v) is 14.8. The van der Waals surface area contributed by atoms with Crippen LogP contribution in [0.1, 0.15) is 128 Å². The Morgan fingerprint density at radius 1 is 0.600 bits per heavy atom. The lowest BCUT2D eigenvalue weighted by molar-refractivity contribution is 0.288. The van der Waals surface area contributed by atoms with E-state index in [1.165, 1.54) is 5.56 Å². The van der Waals surface area contributed by atoms with Gasteiger partial charge < -0.3 is 31.5 Å². The van der Waals surface area contributed by atoms with Crippen LogP contribution in [0.25, 0.3) is 0 Å². The first-order valence-electron chi connectivity index (χ1n) is 15.0. The van der Waals surface area contributed by atoms with E-state index in [0.717, 1.165) is 48.4 Å². The third-order valence-corrected chi connectivity index (χ3v) is 8.55. The van der Waals surface area contributed by atoms with Gasteiger partial charge in [0.15, 0.2) is 0 Å². The Kier molecular flexibility index (Phi) is 10.0. The molecule has 1 heterocycles. The number of para-hydroxylation sites is 1. The molecule has 2 aromatic rings. The fourth-order valence-electron chi connectivity index (χ4n) is 5.33. The molecule has 1 aliphatic rings. The average Bonchev–Trinajstić information content (AvgIpc) is 2.87. The number of rotatable bonds is 0. The Morgan fingerprint density at radius 3 is 1.23 bits per heavy atom. The van der Waals surface area contributed by atoms with E-state index < -0.39 is 0 Å². The van der Waals surface area contributed by atoms with Crippen molar-refractivity contribution in [1.82, 2.24) is 21.3 Å². The van der Waals surface area contributed by atoms with Crippen molar-refractivity contribution in [3.05, 3.63) is 58.1 Å². The molecule has 0 saturated carbocycles. The van der Waals surface area contributed by atoms with Gasteiger partial charge in [0, 0.05) is 72.6 Å². The largest absolute Gasteiger partial charge is 0.507 e. The number of benzene rings is 2. The van der Waals surface area contributed by atoms with E-state index in [0.29, 0.717) is 11.5 Å². The Bertz CT molecular complexity index is 1080. The molecule has 6 nitrogen and oxygen atoms in total. The van der Waals surface area contributed by atoms with E-state index in [1.807, 2.05) is 18.2 Å². The minimum absolute atomic E-state index is 0.00615. The smallest absolute Gasteiger partial charge is 0.125 e. The fourth-order valence-corrected chi connectivity index (χ4v) is 5.33. The molecule has 0 spiro atoms. The highest BCUT2D eigenvalue weighted by Crippen LogP contribution is 2.38. The van der Waals surface area contributed by atoms with Crippen molar-refractivity contribution in [3.8, 4) is 11.5 Å². The molecule has 3 rings (SSSR count). The summed E-state index contributed by atoms with van der Waals surface area (Å²) in [6.07, 6.45) is 0. The van der Waals surface area contributed by atoms with Gasteiger partial charge in [-0.2, -0.15) is 0 Å².